The second-order valence-corrected chi connectivity index (χ2v) is 6.36. The van der Waals surface area contributed by atoms with Crippen LogP contribution < -0.4 is 0 Å². The fourth-order valence-electron chi connectivity index (χ4n) is 1.43. The van der Waals surface area contributed by atoms with Gasteiger partial charge in [-0.2, -0.15) is 0 Å². The van der Waals surface area contributed by atoms with Crippen molar-refractivity contribution in [3.05, 3.63) is 0 Å². The highest BCUT2D eigenvalue weighted by molar-refractivity contribution is 7.25. The molecule has 0 spiro atoms. The minimum absolute atomic E-state index is 0.177. The van der Waals surface area contributed by atoms with E-state index in [-0.39, 0.29) is 38.8 Å². The normalized spacial score (nSPS) is 13.2. The van der Waals surface area contributed by atoms with Gasteiger partial charge in [0, 0.05) is 19.5 Å². The van der Waals surface area contributed by atoms with Gasteiger partial charge in [0.15, 0.2) is 0 Å². The number of rotatable bonds is 10. The minimum Gasteiger partial charge on any atom is -0.481 e. The molecule has 2 atom stereocenters. The van der Waals surface area contributed by atoms with Gasteiger partial charge < -0.3 is 20.2 Å². The highest BCUT2D eigenvalue weighted by Crippen LogP contribution is 2.32. The van der Waals surface area contributed by atoms with E-state index >= 15 is 0 Å². The zero-order chi connectivity index (χ0) is 16.6. The van der Waals surface area contributed by atoms with E-state index in [0.717, 1.165) is 4.90 Å². The molecule has 0 bridgehead atoms. The number of amides is 1. The number of halogens is 1. The van der Waals surface area contributed by atoms with Crippen molar-refractivity contribution in [1.29, 1.82) is 0 Å². The Morgan fingerprint density at radius 2 is 1.29 bits per heavy atom. The Bertz CT molecular complexity index is 409. The van der Waals surface area contributed by atoms with Gasteiger partial charge >= 0.3 is 17.9 Å². The number of aliphatic carboxylic acids is 3. The fraction of sp³-hybridized carbons (Fsp3) is 0.636. The van der Waals surface area contributed by atoms with Gasteiger partial charge in [0.25, 0.3) is 0 Å². The number of carbonyl (C=O) groups excluding carboxylic acids is 1. The van der Waals surface area contributed by atoms with Crippen LogP contribution in [0.15, 0.2) is 0 Å². The van der Waals surface area contributed by atoms with Gasteiger partial charge in [-0.15, -0.1) is 20.8 Å². The van der Waals surface area contributed by atoms with Gasteiger partial charge in [-0.05, 0) is 6.42 Å². The van der Waals surface area contributed by atoms with E-state index in [1.54, 1.807) is 0 Å². The first-order valence-electron chi connectivity index (χ1n) is 5.99. The van der Waals surface area contributed by atoms with Crippen LogP contribution in [-0.4, -0.2) is 61.7 Å². The van der Waals surface area contributed by atoms with Crippen LogP contribution in [0.1, 0.15) is 25.7 Å². The van der Waals surface area contributed by atoms with Crippen LogP contribution in [0, 0.1) is 0 Å². The van der Waals surface area contributed by atoms with E-state index in [2.05, 4.69) is 0 Å². The van der Waals surface area contributed by atoms with Crippen LogP contribution in [0.25, 0.3) is 0 Å². The first-order valence-corrected chi connectivity index (χ1v) is 6.94. The molecule has 0 aromatic rings. The maximum absolute atomic E-state index is 12.2. The van der Waals surface area contributed by atoms with Crippen molar-refractivity contribution in [3.8, 4) is 0 Å². The molecule has 3 N–H and O–H groups in total. The summed E-state index contributed by atoms with van der Waals surface area (Å²) in [5.74, 6) is -4.12. The molecule has 2 unspecified atom stereocenters. The van der Waals surface area contributed by atoms with Gasteiger partial charge in [-0.25, -0.2) is 0 Å². The van der Waals surface area contributed by atoms with Crippen molar-refractivity contribution in [2.45, 2.75) is 30.3 Å². The molecular weight excluding hydrogens is 325 g/mol. The number of carbonyl (C=O) groups is 4. The summed E-state index contributed by atoms with van der Waals surface area (Å²) in [4.78, 5) is 44.9. The number of carboxylic acids is 3. The van der Waals surface area contributed by atoms with Crippen LogP contribution >= 0.6 is 20.8 Å². The van der Waals surface area contributed by atoms with Crippen LogP contribution in [0.2, 0.25) is 0 Å². The highest BCUT2D eigenvalue weighted by Gasteiger charge is 2.35. The van der Waals surface area contributed by atoms with Crippen molar-refractivity contribution in [2.24, 2.45) is 0 Å². The van der Waals surface area contributed by atoms with Gasteiger partial charge in [0.1, 0.15) is 4.62 Å². The molecule has 0 aliphatic rings. The predicted molar refractivity (Wildman–Crippen MR) is 76.2 cm³/mol. The quantitative estimate of drug-likeness (QED) is 0.388. The molecule has 120 valence electrons. The second-order valence-electron chi connectivity index (χ2n) is 4.34. The summed E-state index contributed by atoms with van der Waals surface area (Å²) in [6.07, 6.45) is -1.24. The van der Waals surface area contributed by atoms with Gasteiger partial charge in [-0.3, -0.25) is 19.2 Å². The van der Waals surface area contributed by atoms with E-state index in [4.69, 9.17) is 26.9 Å². The Morgan fingerprint density at radius 1 is 0.905 bits per heavy atom. The molecule has 0 heterocycles. The number of nitrogens with zero attached hydrogens (tertiary/aromatic N) is 1. The summed E-state index contributed by atoms with van der Waals surface area (Å²) in [5.41, 5.74) is 0. The Morgan fingerprint density at radius 3 is 1.62 bits per heavy atom. The molecular formula is C11H17ClNO7P. The van der Waals surface area contributed by atoms with Crippen molar-refractivity contribution in [2.75, 3.05) is 13.1 Å². The Balaban J connectivity index is 4.83. The summed E-state index contributed by atoms with van der Waals surface area (Å²) < 4.78 is -1.60. The predicted octanol–water partition coefficient (Wildman–Crippen LogP) is 0.439. The van der Waals surface area contributed by atoms with Crippen molar-refractivity contribution in [3.63, 3.8) is 0 Å². The molecule has 21 heavy (non-hydrogen) atoms. The molecule has 0 saturated carbocycles. The van der Waals surface area contributed by atoms with Crippen LogP contribution in [0.5, 0.6) is 0 Å². The van der Waals surface area contributed by atoms with E-state index in [0.29, 0.717) is 0 Å². The van der Waals surface area contributed by atoms with E-state index in [1.165, 1.54) is 0 Å². The number of carboxylic acid groups (broad SMARTS) is 3. The van der Waals surface area contributed by atoms with Crippen molar-refractivity contribution in [1.82, 2.24) is 4.90 Å². The maximum Gasteiger partial charge on any atom is 0.305 e. The summed E-state index contributed by atoms with van der Waals surface area (Å²) >= 11 is 5.97. The third-order valence-corrected chi connectivity index (χ3v) is 3.42. The van der Waals surface area contributed by atoms with Crippen molar-refractivity contribution >= 4 is 44.7 Å². The largest absolute Gasteiger partial charge is 0.481 e. The molecule has 10 heteroatoms. The first kappa shape index (κ1) is 19.6. The molecule has 0 rings (SSSR count). The zero-order valence-electron chi connectivity index (χ0n) is 11.1. The lowest BCUT2D eigenvalue weighted by atomic mass is 10.2. The van der Waals surface area contributed by atoms with Crippen LogP contribution in [-0.2, 0) is 19.2 Å². The SMILES string of the molecule is O=C(O)CCN(CCC(=O)O)C(=O)C(P)(Cl)CCC(=O)O. The lowest BCUT2D eigenvalue weighted by Crippen LogP contribution is -2.44. The molecule has 0 aliphatic heterocycles. The topological polar surface area (TPSA) is 132 Å². The van der Waals surface area contributed by atoms with Crippen LogP contribution in [0.4, 0.5) is 0 Å². The smallest absolute Gasteiger partial charge is 0.305 e. The lowest BCUT2D eigenvalue weighted by Gasteiger charge is -2.29. The monoisotopic (exact) mass is 341 g/mol. The van der Waals surface area contributed by atoms with Gasteiger partial charge in [0.05, 0.1) is 12.8 Å². The molecule has 0 aliphatic carbocycles. The first-order chi connectivity index (χ1) is 9.56. The van der Waals surface area contributed by atoms with Gasteiger partial charge in [-0.1, -0.05) is 0 Å². The average Bonchev–Trinajstić information content (AvgIpc) is 2.35. The summed E-state index contributed by atoms with van der Waals surface area (Å²) in [7, 11) is 2.03. The molecule has 1 amide bonds. The highest BCUT2D eigenvalue weighted by atomic mass is 35.5. The summed E-state index contributed by atoms with van der Waals surface area (Å²) in [5, 5.41) is 25.9. The molecule has 0 aromatic heterocycles. The Labute approximate surface area is 128 Å². The number of hydrogen-bond donors (Lipinski definition) is 3. The fourth-order valence-corrected chi connectivity index (χ4v) is 1.98. The Hall–Kier alpha value is -1.40. The lowest BCUT2D eigenvalue weighted by molar-refractivity contribution is -0.139. The Kier molecular flexibility index (Phi) is 8.21. The summed E-state index contributed by atoms with van der Waals surface area (Å²) in [6.45, 7) is -0.394. The minimum atomic E-state index is -1.60. The average molecular weight is 342 g/mol. The van der Waals surface area contributed by atoms with E-state index in [9.17, 15) is 19.2 Å². The molecule has 8 nitrogen and oxygen atoms in total. The molecule has 0 aromatic carbocycles. The molecule has 0 fully saturated rings. The third-order valence-electron chi connectivity index (χ3n) is 2.54. The number of hydrogen-bond acceptors (Lipinski definition) is 4. The summed E-state index contributed by atoms with van der Waals surface area (Å²) in [6, 6.07) is 0. The molecule has 0 radical (unpaired) electrons. The van der Waals surface area contributed by atoms with Crippen molar-refractivity contribution < 1.29 is 34.5 Å². The standard InChI is InChI=1S/C11H17ClNO7P/c12-11(21,4-1-7(14)15)10(20)13(5-2-8(16)17)6-3-9(18)19/h1-6,21H2,(H,14,15)(H,16,17)(H,18,19). The van der Waals surface area contributed by atoms with E-state index in [1.807, 2.05) is 9.24 Å². The third kappa shape index (κ3) is 8.47. The molecule has 0 saturated heterocycles. The zero-order valence-corrected chi connectivity index (χ0v) is 13.0. The number of alkyl halides is 1. The second kappa shape index (κ2) is 8.79. The maximum atomic E-state index is 12.2. The van der Waals surface area contributed by atoms with Crippen LogP contribution in [0.3, 0.4) is 0 Å². The van der Waals surface area contributed by atoms with E-state index < -0.39 is 28.4 Å². The van der Waals surface area contributed by atoms with Gasteiger partial charge in [0.2, 0.25) is 5.91 Å².